The molecule has 8 heteroatoms. The predicted octanol–water partition coefficient (Wildman–Crippen LogP) is -0.486. The van der Waals surface area contributed by atoms with E-state index in [1.807, 2.05) is 0 Å². The van der Waals surface area contributed by atoms with E-state index < -0.39 is 15.3 Å². The molecule has 0 spiro atoms. The zero-order valence-electron chi connectivity index (χ0n) is 9.04. The number of nitrogens with two attached hydrogens (primary N) is 1. The van der Waals surface area contributed by atoms with Crippen molar-refractivity contribution in [2.75, 3.05) is 0 Å². The Kier molecular flexibility index (Phi) is 4.00. The zero-order chi connectivity index (χ0) is 12.3. The SMILES string of the molecule is CC(C(N)=S)S(=O)(=O)NCc1ccn(C)n1. The number of nitrogens with one attached hydrogen (secondary N) is 1. The van der Waals surface area contributed by atoms with E-state index >= 15 is 0 Å². The summed E-state index contributed by atoms with van der Waals surface area (Å²) in [5.41, 5.74) is 5.93. The van der Waals surface area contributed by atoms with Gasteiger partial charge in [-0.05, 0) is 13.0 Å². The van der Waals surface area contributed by atoms with Gasteiger partial charge in [0.25, 0.3) is 0 Å². The molecule has 0 aliphatic rings. The van der Waals surface area contributed by atoms with Crippen molar-refractivity contribution in [2.45, 2.75) is 18.7 Å². The van der Waals surface area contributed by atoms with Gasteiger partial charge in [0.05, 0.1) is 17.2 Å². The van der Waals surface area contributed by atoms with Crippen LogP contribution >= 0.6 is 12.2 Å². The van der Waals surface area contributed by atoms with Crippen LogP contribution in [0.15, 0.2) is 12.3 Å². The predicted molar refractivity (Wildman–Crippen MR) is 65.2 cm³/mol. The molecule has 0 fully saturated rings. The number of nitrogens with zero attached hydrogens (tertiary/aromatic N) is 2. The standard InChI is InChI=1S/C8H14N4O2S2/c1-6(8(9)15)16(13,14)10-5-7-3-4-12(2)11-7/h3-4,6,10H,5H2,1-2H3,(H2,9,15). The monoisotopic (exact) mass is 262 g/mol. The lowest BCUT2D eigenvalue weighted by Gasteiger charge is -2.11. The molecule has 0 saturated heterocycles. The average Bonchev–Trinajstić information content (AvgIpc) is 2.60. The molecule has 0 radical (unpaired) electrons. The zero-order valence-corrected chi connectivity index (χ0v) is 10.7. The summed E-state index contributed by atoms with van der Waals surface area (Å²) in [6.07, 6.45) is 1.74. The van der Waals surface area contributed by atoms with Crippen LogP contribution in [-0.4, -0.2) is 28.4 Å². The Morgan fingerprint density at radius 1 is 1.75 bits per heavy atom. The van der Waals surface area contributed by atoms with Gasteiger partial charge < -0.3 is 5.73 Å². The first-order valence-corrected chi connectivity index (χ1v) is 6.54. The van der Waals surface area contributed by atoms with Crippen LogP contribution in [0, 0.1) is 0 Å². The van der Waals surface area contributed by atoms with E-state index in [9.17, 15) is 8.42 Å². The molecule has 90 valence electrons. The lowest BCUT2D eigenvalue weighted by atomic mass is 10.4. The van der Waals surface area contributed by atoms with Gasteiger partial charge in [-0.2, -0.15) is 5.10 Å². The lowest BCUT2D eigenvalue weighted by Crippen LogP contribution is -2.39. The van der Waals surface area contributed by atoms with E-state index in [0.717, 1.165) is 0 Å². The van der Waals surface area contributed by atoms with Crippen molar-refractivity contribution in [1.29, 1.82) is 0 Å². The molecule has 3 N–H and O–H groups in total. The summed E-state index contributed by atoms with van der Waals surface area (Å²) in [6.45, 7) is 1.58. The van der Waals surface area contributed by atoms with Gasteiger partial charge in [-0.25, -0.2) is 13.1 Å². The average molecular weight is 262 g/mol. The van der Waals surface area contributed by atoms with Crippen molar-refractivity contribution in [3.05, 3.63) is 18.0 Å². The second-order valence-electron chi connectivity index (χ2n) is 3.39. The summed E-state index contributed by atoms with van der Waals surface area (Å²) in [7, 11) is -1.75. The minimum absolute atomic E-state index is 0.0477. The third-order valence-corrected chi connectivity index (χ3v) is 4.32. The van der Waals surface area contributed by atoms with Crippen LogP contribution in [0.1, 0.15) is 12.6 Å². The highest BCUT2D eigenvalue weighted by Gasteiger charge is 2.22. The van der Waals surface area contributed by atoms with Crippen molar-refractivity contribution in [3.8, 4) is 0 Å². The van der Waals surface area contributed by atoms with Crippen molar-refractivity contribution in [3.63, 3.8) is 0 Å². The first kappa shape index (κ1) is 13.1. The van der Waals surface area contributed by atoms with Crippen LogP contribution in [0.5, 0.6) is 0 Å². The molecule has 0 amide bonds. The minimum Gasteiger partial charge on any atom is -0.392 e. The van der Waals surface area contributed by atoms with Gasteiger partial charge in [-0.1, -0.05) is 12.2 Å². The van der Waals surface area contributed by atoms with E-state index in [1.54, 1.807) is 24.0 Å². The van der Waals surface area contributed by atoms with Crippen LogP contribution in [0.3, 0.4) is 0 Å². The molecule has 0 saturated carbocycles. The first-order valence-electron chi connectivity index (χ1n) is 4.59. The van der Waals surface area contributed by atoms with Gasteiger partial charge in [0.1, 0.15) is 5.25 Å². The Labute approximate surface area is 99.9 Å². The maximum absolute atomic E-state index is 11.6. The van der Waals surface area contributed by atoms with Crippen molar-refractivity contribution >= 4 is 27.2 Å². The minimum atomic E-state index is -3.51. The van der Waals surface area contributed by atoms with Crippen molar-refractivity contribution < 1.29 is 8.42 Å². The van der Waals surface area contributed by atoms with Gasteiger partial charge in [0.2, 0.25) is 10.0 Å². The summed E-state index contributed by atoms with van der Waals surface area (Å²) >= 11 is 4.64. The molecule has 16 heavy (non-hydrogen) atoms. The molecule has 1 heterocycles. The number of aryl methyl sites for hydroxylation is 1. The molecule has 0 aliphatic heterocycles. The maximum atomic E-state index is 11.6. The molecule has 1 atom stereocenters. The fourth-order valence-corrected chi connectivity index (χ4v) is 2.29. The van der Waals surface area contributed by atoms with Crippen LogP contribution < -0.4 is 10.5 Å². The van der Waals surface area contributed by atoms with Gasteiger partial charge in [-0.15, -0.1) is 0 Å². The molecule has 1 rings (SSSR count). The van der Waals surface area contributed by atoms with Gasteiger partial charge in [-0.3, -0.25) is 4.68 Å². The van der Waals surface area contributed by atoms with Crippen LogP contribution in [0.2, 0.25) is 0 Å². The molecular weight excluding hydrogens is 248 g/mol. The highest BCUT2D eigenvalue weighted by atomic mass is 32.2. The second-order valence-corrected chi connectivity index (χ2v) is 5.95. The number of hydrogen-bond donors (Lipinski definition) is 2. The number of sulfonamides is 1. The molecule has 1 aromatic heterocycles. The Bertz CT molecular complexity index is 480. The van der Waals surface area contributed by atoms with E-state index in [0.29, 0.717) is 5.69 Å². The highest BCUT2D eigenvalue weighted by Crippen LogP contribution is 2.01. The molecular formula is C8H14N4O2S2. The Hall–Kier alpha value is -0.990. The molecule has 0 aliphatic carbocycles. The van der Waals surface area contributed by atoms with E-state index in [4.69, 9.17) is 5.73 Å². The summed E-state index contributed by atoms with van der Waals surface area (Å²) in [4.78, 5) is -0.0477. The van der Waals surface area contributed by atoms with Crippen LogP contribution in [0.4, 0.5) is 0 Å². The van der Waals surface area contributed by atoms with Gasteiger partial charge in [0.15, 0.2) is 0 Å². The smallest absolute Gasteiger partial charge is 0.221 e. The number of hydrogen-bond acceptors (Lipinski definition) is 4. The lowest BCUT2D eigenvalue weighted by molar-refractivity contribution is 0.576. The van der Waals surface area contributed by atoms with Gasteiger partial charge in [0, 0.05) is 13.2 Å². The van der Waals surface area contributed by atoms with Gasteiger partial charge >= 0.3 is 0 Å². The summed E-state index contributed by atoms with van der Waals surface area (Å²) < 4.78 is 27.3. The highest BCUT2D eigenvalue weighted by molar-refractivity contribution is 7.93. The molecule has 0 bridgehead atoms. The molecule has 1 unspecified atom stereocenters. The first-order chi connectivity index (χ1) is 7.33. The van der Waals surface area contributed by atoms with Crippen LogP contribution in [0.25, 0.3) is 0 Å². The summed E-state index contributed by atoms with van der Waals surface area (Å²) in [6, 6.07) is 1.73. The Morgan fingerprint density at radius 3 is 2.81 bits per heavy atom. The quantitative estimate of drug-likeness (QED) is 0.699. The topological polar surface area (TPSA) is 90.0 Å². The number of aromatic nitrogens is 2. The number of rotatable bonds is 5. The summed E-state index contributed by atoms with van der Waals surface area (Å²) in [5.74, 6) is 0. The Morgan fingerprint density at radius 2 is 2.38 bits per heavy atom. The van der Waals surface area contributed by atoms with Crippen molar-refractivity contribution in [1.82, 2.24) is 14.5 Å². The third-order valence-electron chi connectivity index (χ3n) is 2.09. The Balaban J connectivity index is 2.65. The number of thiocarbonyl (C=S) groups is 1. The van der Waals surface area contributed by atoms with E-state index in [-0.39, 0.29) is 11.5 Å². The normalized spacial score (nSPS) is 13.6. The van der Waals surface area contributed by atoms with E-state index in [2.05, 4.69) is 22.0 Å². The second kappa shape index (κ2) is 4.89. The molecule has 1 aromatic rings. The fraction of sp³-hybridized carbons (Fsp3) is 0.500. The van der Waals surface area contributed by atoms with Crippen LogP contribution in [-0.2, 0) is 23.6 Å². The maximum Gasteiger partial charge on any atom is 0.221 e. The largest absolute Gasteiger partial charge is 0.392 e. The van der Waals surface area contributed by atoms with Crippen molar-refractivity contribution in [2.24, 2.45) is 12.8 Å². The summed E-state index contributed by atoms with van der Waals surface area (Å²) in [5, 5.41) is 3.16. The molecule has 6 nitrogen and oxygen atoms in total. The third kappa shape index (κ3) is 3.26. The fourth-order valence-electron chi connectivity index (χ4n) is 1.01. The van der Waals surface area contributed by atoms with E-state index in [1.165, 1.54) is 6.92 Å². The molecule has 0 aromatic carbocycles.